The van der Waals surface area contributed by atoms with E-state index in [9.17, 15) is 0 Å². The van der Waals surface area contributed by atoms with Crippen molar-refractivity contribution in [1.29, 1.82) is 0 Å². The first-order valence-electron chi connectivity index (χ1n) is 10.5. The maximum Gasteiger partial charge on any atom is 0.225 e. The topological polar surface area (TPSA) is 77.5 Å². The van der Waals surface area contributed by atoms with E-state index in [1.54, 1.807) is 12.4 Å². The number of piperidine rings is 1. The average Bonchev–Trinajstić information content (AvgIpc) is 3.40. The van der Waals surface area contributed by atoms with E-state index in [4.69, 9.17) is 9.97 Å². The first-order valence-corrected chi connectivity index (χ1v) is 10.5. The molecule has 5 heterocycles. The number of aryl methyl sites for hydroxylation is 1. The van der Waals surface area contributed by atoms with Crippen molar-refractivity contribution in [3.05, 3.63) is 48.9 Å². The molecule has 4 aromatic rings. The number of anilines is 1. The van der Waals surface area contributed by atoms with Crippen molar-refractivity contribution in [2.75, 3.05) is 18.0 Å². The van der Waals surface area contributed by atoms with Gasteiger partial charge in [0, 0.05) is 61.9 Å². The zero-order valence-electron chi connectivity index (χ0n) is 17.6. The summed E-state index contributed by atoms with van der Waals surface area (Å²) in [5.74, 6) is 1.22. The quantitative estimate of drug-likeness (QED) is 0.519. The molecule has 30 heavy (non-hydrogen) atoms. The van der Waals surface area contributed by atoms with E-state index in [2.05, 4.69) is 44.4 Å². The van der Waals surface area contributed by atoms with Gasteiger partial charge in [0.25, 0.3) is 0 Å². The van der Waals surface area contributed by atoms with Gasteiger partial charge in [-0.3, -0.25) is 4.68 Å². The van der Waals surface area contributed by atoms with Crippen molar-refractivity contribution >= 4 is 17.0 Å². The van der Waals surface area contributed by atoms with Crippen LogP contribution in [0.5, 0.6) is 0 Å². The first-order chi connectivity index (χ1) is 14.6. The molecule has 0 saturated carbocycles. The van der Waals surface area contributed by atoms with Crippen LogP contribution in [0.2, 0.25) is 0 Å². The monoisotopic (exact) mass is 402 g/mol. The van der Waals surface area contributed by atoms with Gasteiger partial charge in [-0.15, -0.1) is 0 Å². The van der Waals surface area contributed by atoms with Crippen molar-refractivity contribution in [2.24, 2.45) is 7.05 Å². The fourth-order valence-corrected chi connectivity index (χ4v) is 4.25. The Morgan fingerprint density at radius 2 is 1.83 bits per heavy atom. The molecule has 0 unspecified atom stereocenters. The highest BCUT2D eigenvalue weighted by Gasteiger charge is 2.25. The normalized spacial score (nSPS) is 15.4. The molecule has 1 fully saturated rings. The molecule has 0 aliphatic carbocycles. The van der Waals surface area contributed by atoms with E-state index >= 15 is 0 Å². The molecule has 8 nitrogen and oxygen atoms in total. The Hall–Kier alpha value is -3.29. The average molecular weight is 403 g/mol. The molecular weight excluding hydrogens is 376 g/mol. The van der Waals surface area contributed by atoms with Gasteiger partial charge in [-0.25, -0.2) is 19.9 Å². The predicted octanol–water partition coefficient (Wildman–Crippen LogP) is 3.59. The third-order valence-corrected chi connectivity index (χ3v) is 5.86. The van der Waals surface area contributed by atoms with Crippen molar-refractivity contribution in [3.8, 4) is 11.3 Å². The molecule has 0 amide bonds. The highest BCUT2D eigenvalue weighted by atomic mass is 15.3. The maximum absolute atomic E-state index is 5.10. The number of fused-ring (bicyclic) bond motifs is 1. The Bertz CT molecular complexity index is 1150. The van der Waals surface area contributed by atoms with Crippen LogP contribution in [0.25, 0.3) is 22.3 Å². The van der Waals surface area contributed by atoms with Crippen LogP contribution in [0.1, 0.15) is 44.3 Å². The lowest BCUT2D eigenvalue weighted by Crippen LogP contribution is -2.34. The molecule has 0 radical (unpaired) electrons. The number of imidazole rings is 1. The van der Waals surface area contributed by atoms with Crippen LogP contribution in [-0.4, -0.2) is 47.4 Å². The lowest BCUT2D eigenvalue weighted by Gasteiger charge is -2.31. The molecule has 0 spiro atoms. The summed E-state index contributed by atoms with van der Waals surface area (Å²) in [7, 11) is 1.93. The van der Waals surface area contributed by atoms with E-state index in [0.29, 0.717) is 12.0 Å². The van der Waals surface area contributed by atoms with E-state index in [1.807, 2.05) is 36.5 Å². The van der Waals surface area contributed by atoms with Crippen molar-refractivity contribution in [2.45, 2.75) is 38.6 Å². The number of rotatable bonds is 4. The van der Waals surface area contributed by atoms with Crippen molar-refractivity contribution < 1.29 is 0 Å². The number of hydrogen-bond donors (Lipinski definition) is 0. The Morgan fingerprint density at radius 3 is 2.50 bits per heavy atom. The number of aromatic nitrogens is 7. The van der Waals surface area contributed by atoms with Gasteiger partial charge in [0.2, 0.25) is 5.95 Å². The zero-order valence-corrected chi connectivity index (χ0v) is 17.6. The SMILES string of the molecule is CC(C)n1cnc2c(-c3cnn(C)c3)nc(C3CCN(c4ncccn4)CC3)cc21. The summed E-state index contributed by atoms with van der Waals surface area (Å²) in [5, 5.41) is 4.35. The highest BCUT2D eigenvalue weighted by molar-refractivity contribution is 5.90. The summed E-state index contributed by atoms with van der Waals surface area (Å²) < 4.78 is 4.04. The molecule has 5 rings (SSSR count). The van der Waals surface area contributed by atoms with E-state index < -0.39 is 0 Å². The fourth-order valence-electron chi connectivity index (χ4n) is 4.25. The fraction of sp³-hybridized carbons (Fsp3) is 0.409. The lowest BCUT2D eigenvalue weighted by atomic mass is 9.92. The van der Waals surface area contributed by atoms with E-state index in [0.717, 1.165) is 59.9 Å². The molecule has 1 aliphatic rings. The van der Waals surface area contributed by atoms with Crippen LogP contribution in [0.15, 0.2) is 43.2 Å². The molecule has 4 aromatic heterocycles. The number of nitrogens with zero attached hydrogens (tertiary/aromatic N) is 8. The summed E-state index contributed by atoms with van der Waals surface area (Å²) in [6.07, 6.45) is 11.5. The highest BCUT2D eigenvalue weighted by Crippen LogP contribution is 2.34. The van der Waals surface area contributed by atoms with Gasteiger partial charge in [-0.2, -0.15) is 5.10 Å². The summed E-state index contributed by atoms with van der Waals surface area (Å²) in [5.41, 5.74) is 5.15. The van der Waals surface area contributed by atoms with Crippen LogP contribution < -0.4 is 4.90 Å². The van der Waals surface area contributed by atoms with Gasteiger partial charge in [-0.1, -0.05) is 0 Å². The molecule has 154 valence electrons. The molecule has 8 heteroatoms. The minimum Gasteiger partial charge on any atom is -0.341 e. The molecule has 0 bridgehead atoms. The minimum absolute atomic E-state index is 0.337. The Morgan fingerprint density at radius 1 is 1.07 bits per heavy atom. The zero-order chi connectivity index (χ0) is 20.7. The van der Waals surface area contributed by atoms with Gasteiger partial charge < -0.3 is 9.47 Å². The van der Waals surface area contributed by atoms with Crippen LogP contribution in [0, 0.1) is 0 Å². The van der Waals surface area contributed by atoms with Crippen LogP contribution >= 0.6 is 0 Å². The van der Waals surface area contributed by atoms with Crippen LogP contribution in [0.3, 0.4) is 0 Å². The van der Waals surface area contributed by atoms with Crippen LogP contribution in [0.4, 0.5) is 5.95 Å². The summed E-state index contributed by atoms with van der Waals surface area (Å²) in [6, 6.07) is 4.43. The summed E-state index contributed by atoms with van der Waals surface area (Å²) in [6.45, 7) is 6.23. The minimum atomic E-state index is 0.337. The standard InChI is InChI=1S/C22H26N8/c1-15(2)30-14-25-21-19(30)11-18(27-20(21)17-12-26-28(3)13-17)16-5-9-29(10-6-16)22-23-7-4-8-24-22/h4,7-8,11-16H,5-6,9-10H2,1-3H3. The number of hydrogen-bond acceptors (Lipinski definition) is 6. The van der Waals surface area contributed by atoms with Gasteiger partial charge in [-0.05, 0) is 38.8 Å². The molecule has 0 aromatic carbocycles. The first kappa shape index (κ1) is 18.7. The lowest BCUT2D eigenvalue weighted by molar-refractivity contribution is 0.491. The summed E-state index contributed by atoms with van der Waals surface area (Å²) >= 11 is 0. The smallest absolute Gasteiger partial charge is 0.225 e. The van der Waals surface area contributed by atoms with Gasteiger partial charge in [0.05, 0.1) is 18.0 Å². The third-order valence-electron chi connectivity index (χ3n) is 5.86. The van der Waals surface area contributed by atoms with Gasteiger partial charge in [0.15, 0.2) is 0 Å². The Labute approximate surface area is 175 Å². The van der Waals surface area contributed by atoms with E-state index in [1.165, 1.54) is 0 Å². The van der Waals surface area contributed by atoms with Gasteiger partial charge >= 0.3 is 0 Å². The summed E-state index contributed by atoms with van der Waals surface area (Å²) in [4.78, 5) is 20.9. The van der Waals surface area contributed by atoms with Crippen LogP contribution in [-0.2, 0) is 7.05 Å². The maximum atomic E-state index is 5.10. The Kier molecular flexibility index (Phi) is 4.69. The second kappa shape index (κ2) is 7.51. The molecular formula is C22H26N8. The van der Waals surface area contributed by atoms with Crippen molar-refractivity contribution in [3.63, 3.8) is 0 Å². The molecule has 1 aliphatic heterocycles. The molecule has 0 atom stereocenters. The third kappa shape index (κ3) is 3.32. The second-order valence-electron chi connectivity index (χ2n) is 8.22. The number of pyridine rings is 1. The van der Waals surface area contributed by atoms with Gasteiger partial charge in [0.1, 0.15) is 11.2 Å². The molecule has 1 saturated heterocycles. The van der Waals surface area contributed by atoms with Crippen molar-refractivity contribution in [1.82, 2.24) is 34.3 Å². The predicted molar refractivity (Wildman–Crippen MR) is 116 cm³/mol. The molecule has 0 N–H and O–H groups in total. The second-order valence-corrected chi connectivity index (χ2v) is 8.22. The van der Waals surface area contributed by atoms with E-state index in [-0.39, 0.29) is 0 Å². The largest absolute Gasteiger partial charge is 0.341 e. The Balaban J connectivity index is 1.51.